The molecule has 68 valence electrons. The summed E-state index contributed by atoms with van der Waals surface area (Å²) in [5.74, 6) is -0.835. The minimum atomic E-state index is -0.835. The summed E-state index contributed by atoms with van der Waals surface area (Å²) in [6.07, 6.45) is 3.36. The lowest BCUT2D eigenvalue weighted by molar-refractivity contribution is -0.135. The molecule has 0 aliphatic heterocycles. The van der Waals surface area contributed by atoms with Crippen LogP contribution in [0.1, 0.15) is 12.0 Å². The molecule has 0 saturated carbocycles. The van der Waals surface area contributed by atoms with Gasteiger partial charge in [-0.1, -0.05) is 35.9 Å². The van der Waals surface area contributed by atoms with Crippen LogP contribution < -0.4 is 0 Å². The number of hydrogen-bond donors (Lipinski definition) is 1. The minimum absolute atomic E-state index is 0.0342. The second-order valence-electron chi connectivity index (χ2n) is 2.56. The van der Waals surface area contributed by atoms with Gasteiger partial charge in [0.2, 0.25) is 0 Å². The molecule has 0 radical (unpaired) electrons. The molecule has 0 bridgehead atoms. The maximum Gasteiger partial charge on any atom is 0.307 e. The second-order valence-corrected chi connectivity index (χ2v) is 2.99. The van der Waals surface area contributed by atoms with E-state index in [0.717, 1.165) is 5.56 Å². The number of carboxylic acids is 1. The van der Waals surface area contributed by atoms with Crippen LogP contribution in [0.3, 0.4) is 0 Å². The van der Waals surface area contributed by atoms with Gasteiger partial charge < -0.3 is 5.11 Å². The number of rotatable bonds is 3. The third-order valence-corrected chi connectivity index (χ3v) is 1.69. The van der Waals surface area contributed by atoms with Gasteiger partial charge in [0.15, 0.2) is 0 Å². The average Bonchev–Trinajstić information content (AvgIpc) is 2.03. The summed E-state index contributed by atoms with van der Waals surface area (Å²) in [5, 5.41) is 9.02. The molecule has 0 fully saturated rings. The van der Waals surface area contributed by atoms with E-state index < -0.39 is 5.97 Å². The summed E-state index contributed by atoms with van der Waals surface area (Å²) in [6, 6.07) is 7.24. The Morgan fingerprint density at radius 2 is 2.31 bits per heavy atom. The van der Waals surface area contributed by atoms with Gasteiger partial charge in [0.05, 0.1) is 6.42 Å². The molecule has 0 atom stereocenters. The topological polar surface area (TPSA) is 37.3 Å². The lowest BCUT2D eigenvalue weighted by atomic mass is 10.2. The van der Waals surface area contributed by atoms with E-state index in [2.05, 4.69) is 0 Å². The van der Waals surface area contributed by atoms with Crippen LogP contribution >= 0.6 is 11.6 Å². The molecular weight excluding hydrogens is 188 g/mol. The molecule has 0 unspecified atom stereocenters. The van der Waals surface area contributed by atoms with Gasteiger partial charge in [0.25, 0.3) is 0 Å². The molecule has 0 aliphatic carbocycles. The molecule has 0 aliphatic rings. The summed E-state index contributed by atoms with van der Waals surface area (Å²) >= 11 is 5.74. The normalized spacial score (nSPS) is 10.5. The summed E-state index contributed by atoms with van der Waals surface area (Å²) in [4.78, 5) is 10.2. The molecule has 1 aromatic rings. The first-order chi connectivity index (χ1) is 6.18. The SMILES string of the molecule is O=C(O)C/C=C/c1cccc(Cl)c1. The molecule has 3 heteroatoms. The van der Waals surface area contributed by atoms with Crippen LogP contribution in [0.4, 0.5) is 0 Å². The van der Waals surface area contributed by atoms with Crippen LogP contribution in [-0.4, -0.2) is 11.1 Å². The van der Waals surface area contributed by atoms with Gasteiger partial charge in [-0.15, -0.1) is 0 Å². The van der Waals surface area contributed by atoms with E-state index >= 15 is 0 Å². The van der Waals surface area contributed by atoms with E-state index in [9.17, 15) is 4.79 Å². The van der Waals surface area contributed by atoms with E-state index in [-0.39, 0.29) is 6.42 Å². The standard InChI is InChI=1S/C10H9ClO2/c11-9-5-1-3-8(7-9)4-2-6-10(12)13/h1-5,7H,6H2,(H,12,13)/b4-2+. The van der Waals surface area contributed by atoms with Gasteiger partial charge in [-0.3, -0.25) is 4.79 Å². The average molecular weight is 197 g/mol. The molecular formula is C10H9ClO2. The van der Waals surface area contributed by atoms with Crippen molar-refractivity contribution in [3.63, 3.8) is 0 Å². The number of benzene rings is 1. The first-order valence-electron chi connectivity index (χ1n) is 3.82. The molecule has 0 heterocycles. The van der Waals surface area contributed by atoms with E-state index in [0.29, 0.717) is 5.02 Å². The molecule has 1 N–H and O–H groups in total. The minimum Gasteiger partial charge on any atom is -0.481 e. The predicted octanol–water partition coefficient (Wildman–Crippen LogP) is 2.83. The fourth-order valence-corrected chi connectivity index (χ4v) is 1.10. The predicted molar refractivity (Wildman–Crippen MR) is 52.7 cm³/mol. The van der Waals surface area contributed by atoms with Crippen molar-refractivity contribution in [3.05, 3.63) is 40.9 Å². The van der Waals surface area contributed by atoms with E-state index in [4.69, 9.17) is 16.7 Å². The number of carbonyl (C=O) groups is 1. The highest BCUT2D eigenvalue weighted by Gasteiger charge is 1.91. The van der Waals surface area contributed by atoms with Crippen molar-refractivity contribution in [3.8, 4) is 0 Å². The van der Waals surface area contributed by atoms with Crippen LogP contribution in [0.2, 0.25) is 5.02 Å². The third-order valence-electron chi connectivity index (χ3n) is 1.45. The zero-order chi connectivity index (χ0) is 9.68. The Bertz CT molecular complexity index is 331. The number of hydrogen-bond acceptors (Lipinski definition) is 1. The zero-order valence-corrected chi connectivity index (χ0v) is 7.66. The lowest BCUT2D eigenvalue weighted by Gasteiger charge is -1.92. The van der Waals surface area contributed by atoms with Crippen molar-refractivity contribution in [1.82, 2.24) is 0 Å². The molecule has 1 rings (SSSR count). The van der Waals surface area contributed by atoms with Crippen LogP contribution in [0.25, 0.3) is 6.08 Å². The number of carboxylic acid groups (broad SMARTS) is 1. The first kappa shape index (κ1) is 9.81. The quantitative estimate of drug-likeness (QED) is 0.807. The Labute approximate surface area is 81.5 Å². The van der Waals surface area contributed by atoms with Gasteiger partial charge in [-0.25, -0.2) is 0 Å². The molecule has 0 aromatic heterocycles. The monoisotopic (exact) mass is 196 g/mol. The highest BCUT2D eigenvalue weighted by Crippen LogP contribution is 2.11. The summed E-state index contributed by atoms with van der Waals surface area (Å²) < 4.78 is 0. The Hall–Kier alpha value is -1.28. The van der Waals surface area contributed by atoms with E-state index in [1.165, 1.54) is 0 Å². The summed E-state index contributed by atoms with van der Waals surface area (Å²) in [5.41, 5.74) is 0.911. The highest BCUT2D eigenvalue weighted by atomic mass is 35.5. The molecule has 1 aromatic carbocycles. The largest absolute Gasteiger partial charge is 0.481 e. The molecule has 0 amide bonds. The van der Waals surface area contributed by atoms with Crippen LogP contribution in [0.15, 0.2) is 30.3 Å². The van der Waals surface area contributed by atoms with Gasteiger partial charge in [0.1, 0.15) is 0 Å². The molecule has 0 spiro atoms. The Morgan fingerprint density at radius 1 is 1.54 bits per heavy atom. The molecule has 2 nitrogen and oxygen atoms in total. The zero-order valence-electron chi connectivity index (χ0n) is 6.90. The fourth-order valence-electron chi connectivity index (χ4n) is 0.906. The highest BCUT2D eigenvalue weighted by molar-refractivity contribution is 6.30. The Balaban J connectivity index is 2.63. The number of aliphatic carboxylic acids is 1. The van der Waals surface area contributed by atoms with Crippen LogP contribution in [0.5, 0.6) is 0 Å². The van der Waals surface area contributed by atoms with Gasteiger partial charge in [0, 0.05) is 5.02 Å². The van der Waals surface area contributed by atoms with Crippen molar-refractivity contribution in [2.75, 3.05) is 0 Å². The Kier molecular flexibility index (Phi) is 3.53. The van der Waals surface area contributed by atoms with Gasteiger partial charge in [-0.05, 0) is 17.7 Å². The van der Waals surface area contributed by atoms with Crippen molar-refractivity contribution < 1.29 is 9.90 Å². The van der Waals surface area contributed by atoms with Crippen LogP contribution in [0, 0.1) is 0 Å². The fraction of sp³-hybridized carbons (Fsp3) is 0.100. The van der Waals surface area contributed by atoms with Gasteiger partial charge in [-0.2, -0.15) is 0 Å². The van der Waals surface area contributed by atoms with Crippen molar-refractivity contribution >= 4 is 23.6 Å². The van der Waals surface area contributed by atoms with E-state index in [1.54, 1.807) is 24.3 Å². The van der Waals surface area contributed by atoms with Crippen molar-refractivity contribution in [2.45, 2.75) is 6.42 Å². The smallest absolute Gasteiger partial charge is 0.307 e. The lowest BCUT2D eigenvalue weighted by Crippen LogP contribution is -1.89. The van der Waals surface area contributed by atoms with Crippen molar-refractivity contribution in [1.29, 1.82) is 0 Å². The van der Waals surface area contributed by atoms with Crippen LogP contribution in [-0.2, 0) is 4.79 Å². The number of halogens is 1. The van der Waals surface area contributed by atoms with E-state index in [1.807, 2.05) is 12.1 Å². The molecule has 13 heavy (non-hydrogen) atoms. The van der Waals surface area contributed by atoms with Gasteiger partial charge >= 0.3 is 5.97 Å². The summed E-state index contributed by atoms with van der Waals surface area (Å²) in [7, 11) is 0. The summed E-state index contributed by atoms with van der Waals surface area (Å²) in [6.45, 7) is 0. The molecule has 0 saturated heterocycles. The maximum absolute atomic E-state index is 10.2. The second kappa shape index (κ2) is 4.67. The first-order valence-corrected chi connectivity index (χ1v) is 4.20. The third kappa shape index (κ3) is 3.76. The maximum atomic E-state index is 10.2. The Morgan fingerprint density at radius 3 is 2.92 bits per heavy atom. The van der Waals surface area contributed by atoms with Crippen molar-refractivity contribution in [2.24, 2.45) is 0 Å².